The summed E-state index contributed by atoms with van der Waals surface area (Å²) in [5.41, 5.74) is 0.650. The van der Waals surface area contributed by atoms with Crippen LogP contribution in [-0.2, 0) is 9.53 Å². The lowest BCUT2D eigenvalue weighted by Gasteiger charge is -1.83. The van der Waals surface area contributed by atoms with Gasteiger partial charge in [0.05, 0.1) is 12.0 Å². The van der Waals surface area contributed by atoms with Crippen molar-refractivity contribution in [2.24, 2.45) is 0 Å². The summed E-state index contributed by atoms with van der Waals surface area (Å²) >= 11 is 1.29. The quantitative estimate of drug-likeness (QED) is 0.382. The molecule has 0 fully saturated rings. The fourth-order valence-corrected chi connectivity index (χ4v) is 1.29. The molecule has 66 valence electrons. The van der Waals surface area contributed by atoms with E-state index in [9.17, 15) is 9.59 Å². The first-order chi connectivity index (χ1) is 6.26. The summed E-state index contributed by atoms with van der Waals surface area (Å²) in [6.45, 7) is 0. The first kappa shape index (κ1) is 9.49. The highest BCUT2D eigenvalue weighted by Gasteiger charge is 1.95. The lowest BCUT2D eigenvalue weighted by Crippen LogP contribution is -1.94. The average Bonchev–Trinajstić information content (AvgIpc) is 2.61. The van der Waals surface area contributed by atoms with Gasteiger partial charge in [-0.2, -0.15) is 0 Å². The number of carbonyl (C=O) groups excluding carboxylic acids is 2. The molecule has 0 saturated heterocycles. The molecule has 0 saturated carbocycles. The van der Waals surface area contributed by atoms with E-state index in [0.29, 0.717) is 10.4 Å². The smallest absolute Gasteiger partial charge is 0.384 e. The van der Waals surface area contributed by atoms with Crippen LogP contribution in [-0.4, -0.2) is 19.4 Å². The second-order valence-electron chi connectivity index (χ2n) is 2.10. The lowest BCUT2D eigenvalue weighted by molar-refractivity contribution is -0.133. The average molecular weight is 194 g/mol. The number of hydrogen-bond donors (Lipinski definition) is 0. The zero-order chi connectivity index (χ0) is 9.68. The number of aldehydes is 1. The molecule has 0 aliphatic rings. The van der Waals surface area contributed by atoms with E-state index in [0.717, 1.165) is 6.29 Å². The molecule has 1 aromatic heterocycles. The van der Waals surface area contributed by atoms with Gasteiger partial charge < -0.3 is 4.74 Å². The second-order valence-corrected chi connectivity index (χ2v) is 3.04. The molecule has 1 heterocycles. The SMILES string of the molecule is COC(=O)C#Cc1csc(C=O)c1. The van der Waals surface area contributed by atoms with Gasteiger partial charge in [0.15, 0.2) is 6.29 Å². The van der Waals surface area contributed by atoms with Crippen molar-refractivity contribution in [2.75, 3.05) is 7.11 Å². The molecule has 1 rings (SSSR count). The monoisotopic (exact) mass is 194 g/mol. The Balaban J connectivity index is 2.77. The fourth-order valence-electron chi connectivity index (χ4n) is 0.654. The molecule has 3 nitrogen and oxygen atoms in total. The predicted octanol–water partition coefficient (Wildman–Crippen LogP) is 1.09. The fraction of sp³-hybridized carbons (Fsp3) is 0.111. The highest BCUT2D eigenvalue weighted by Crippen LogP contribution is 2.10. The van der Waals surface area contributed by atoms with Crippen molar-refractivity contribution in [2.45, 2.75) is 0 Å². The molecule has 13 heavy (non-hydrogen) atoms. The van der Waals surface area contributed by atoms with Gasteiger partial charge >= 0.3 is 5.97 Å². The molecule has 0 unspecified atom stereocenters. The van der Waals surface area contributed by atoms with Crippen molar-refractivity contribution in [1.82, 2.24) is 0 Å². The summed E-state index contributed by atoms with van der Waals surface area (Å²) in [5, 5.41) is 1.71. The molecule has 0 spiro atoms. The molecule has 0 aliphatic carbocycles. The van der Waals surface area contributed by atoms with Crippen LogP contribution in [0.15, 0.2) is 11.4 Å². The van der Waals surface area contributed by atoms with Crippen molar-refractivity contribution < 1.29 is 14.3 Å². The van der Waals surface area contributed by atoms with Gasteiger partial charge in [0, 0.05) is 16.9 Å². The molecular formula is C9H6O3S. The minimum atomic E-state index is -0.584. The van der Waals surface area contributed by atoms with E-state index in [4.69, 9.17) is 0 Å². The van der Waals surface area contributed by atoms with Crippen LogP contribution in [0.5, 0.6) is 0 Å². The number of thiophene rings is 1. The molecule has 0 N–H and O–H groups in total. The number of esters is 1. The largest absolute Gasteiger partial charge is 0.459 e. The van der Waals surface area contributed by atoms with Gasteiger partial charge in [-0.3, -0.25) is 4.79 Å². The van der Waals surface area contributed by atoms with Crippen LogP contribution in [0.25, 0.3) is 0 Å². The highest BCUT2D eigenvalue weighted by molar-refractivity contribution is 7.11. The molecule has 0 bridgehead atoms. The van der Waals surface area contributed by atoms with E-state index in [1.54, 1.807) is 11.4 Å². The van der Waals surface area contributed by atoms with E-state index in [1.807, 2.05) is 0 Å². The Morgan fingerprint density at radius 3 is 3.00 bits per heavy atom. The number of hydrogen-bond acceptors (Lipinski definition) is 4. The maximum Gasteiger partial charge on any atom is 0.384 e. The van der Waals surface area contributed by atoms with Crippen LogP contribution in [0, 0.1) is 11.8 Å². The molecule has 0 radical (unpaired) electrons. The zero-order valence-corrected chi connectivity index (χ0v) is 7.68. The van der Waals surface area contributed by atoms with Gasteiger partial charge in [-0.25, -0.2) is 4.79 Å². The maximum absolute atomic E-state index is 10.6. The molecule has 0 atom stereocenters. The summed E-state index contributed by atoms with van der Waals surface area (Å²) in [4.78, 5) is 21.5. The number of methoxy groups -OCH3 is 1. The Morgan fingerprint density at radius 1 is 1.69 bits per heavy atom. The van der Waals surface area contributed by atoms with Gasteiger partial charge in [-0.1, -0.05) is 5.92 Å². The van der Waals surface area contributed by atoms with Crippen molar-refractivity contribution >= 4 is 23.6 Å². The van der Waals surface area contributed by atoms with E-state index in [1.165, 1.54) is 18.4 Å². The van der Waals surface area contributed by atoms with Gasteiger partial charge in [-0.05, 0) is 6.07 Å². The van der Waals surface area contributed by atoms with Crippen LogP contribution < -0.4 is 0 Å². The molecule has 0 aliphatic heterocycles. The van der Waals surface area contributed by atoms with Crippen LogP contribution in [0.4, 0.5) is 0 Å². The Morgan fingerprint density at radius 2 is 2.46 bits per heavy atom. The topological polar surface area (TPSA) is 43.4 Å². The molecule has 1 aromatic rings. The predicted molar refractivity (Wildman–Crippen MR) is 48.6 cm³/mol. The third kappa shape index (κ3) is 2.73. The Bertz CT molecular complexity index is 381. The van der Waals surface area contributed by atoms with Crippen LogP contribution in [0.3, 0.4) is 0 Å². The summed E-state index contributed by atoms with van der Waals surface area (Å²) < 4.78 is 4.33. The van der Waals surface area contributed by atoms with Crippen molar-refractivity contribution in [1.29, 1.82) is 0 Å². The first-order valence-electron chi connectivity index (χ1n) is 3.40. The number of ether oxygens (including phenoxy) is 1. The van der Waals surface area contributed by atoms with Gasteiger partial charge in [0.25, 0.3) is 0 Å². The van der Waals surface area contributed by atoms with E-state index < -0.39 is 5.97 Å². The summed E-state index contributed by atoms with van der Waals surface area (Å²) in [6, 6.07) is 1.62. The van der Waals surface area contributed by atoms with Crippen molar-refractivity contribution in [3.63, 3.8) is 0 Å². The third-order valence-corrected chi connectivity index (χ3v) is 2.09. The van der Waals surface area contributed by atoms with E-state index in [-0.39, 0.29) is 0 Å². The van der Waals surface area contributed by atoms with Gasteiger partial charge in [0.1, 0.15) is 0 Å². The summed E-state index contributed by atoms with van der Waals surface area (Å²) in [5.74, 6) is 4.26. The minimum absolute atomic E-state index is 0.584. The second kappa shape index (κ2) is 4.43. The van der Waals surface area contributed by atoms with Crippen molar-refractivity contribution in [3.8, 4) is 11.8 Å². The molecule has 0 amide bonds. The maximum atomic E-state index is 10.6. The number of carbonyl (C=O) groups is 2. The van der Waals surface area contributed by atoms with Gasteiger partial charge in [-0.15, -0.1) is 11.3 Å². The highest BCUT2D eigenvalue weighted by atomic mass is 32.1. The Kier molecular flexibility index (Phi) is 3.23. The van der Waals surface area contributed by atoms with E-state index in [2.05, 4.69) is 16.6 Å². The Hall–Kier alpha value is -1.60. The van der Waals surface area contributed by atoms with Crippen LogP contribution in [0.2, 0.25) is 0 Å². The Labute approximate surface area is 79.3 Å². The minimum Gasteiger partial charge on any atom is -0.459 e. The summed E-state index contributed by atoms with van der Waals surface area (Å²) in [6.07, 6.45) is 0.744. The standard InChI is InChI=1S/C9H6O3S/c1-12-9(11)3-2-7-4-8(5-10)13-6-7/h4-6H,1H3. The van der Waals surface area contributed by atoms with Crippen molar-refractivity contribution in [3.05, 3.63) is 21.9 Å². The molecular weight excluding hydrogens is 188 g/mol. The molecule has 0 aromatic carbocycles. The van der Waals surface area contributed by atoms with Gasteiger partial charge in [0.2, 0.25) is 0 Å². The lowest BCUT2D eigenvalue weighted by atomic mass is 10.3. The van der Waals surface area contributed by atoms with Crippen LogP contribution >= 0.6 is 11.3 Å². The summed E-state index contributed by atoms with van der Waals surface area (Å²) in [7, 11) is 1.27. The number of rotatable bonds is 1. The zero-order valence-electron chi connectivity index (χ0n) is 6.87. The molecule has 4 heteroatoms. The first-order valence-corrected chi connectivity index (χ1v) is 4.28. The van der Waals surface area contributed by atoms with Crippen LogP contribution in [0.1, 0.15) is 15.2 Å². The third-order valence-electron chi connectivity index (χ3n) is 1.23. The van der Waals surface area contributed by atoms with E-state index >= 15 is 0 Å². The normalized spacial score (nSPS) is 8.38.